The molecule has 0 radical (unpaired) electrons. The molecule has 3 fully saturated rings. The predicted molar refractivity (Wildman–Crippen MR) is 331 cm³/mol. The molecule has 97 heavy (non-hydrogen) atoms. The molecule has 9 aromatic heterocycles. The Labute approximate surface area is 542 Å². The second kappa shape index (κ2) is 26.4. The number of carbonyl (C=O) groups is 3. The number of aliphatic hydroxyl groups is 3. The Hall–Kier alpha value is -9.00. The minimum Gasteiger partial charge on any atom is -0.394 e. The van der Waals surface area contributed by atoms with E-state index in [1.165, 1.54) is 43.1 Å². The first-order valence-electron chi connectivity index (χ1n) is 29.3. The summed E-state index contributed by atoms with van der Waals surface area (Å²) in [5, 5.41) is 42.7. The quantitative estimate of drug-likeness (QED) is 0.0239. The molecule has 518 valence electrons. The molecule has 0 aliphatic carbocycles. The van der Waals surface area contributed by atoms with Crippen molar-refractivity contribution in [2.24, 2.45) is 21.1 Å². The fraction of sp³-hybridized carbons (Fsp3) is 0.431. The van der Waals surface area contributed by atoms with Gasteiger partial charge in [-0.05, 0) is 31.0 Å². The highest BCUT2D eigenvalue weighted by atomic mass is 31.2. The predicted octanol–water partition coefficient (Wildman–Crippen LogP) is -1.09. The third-order valence-corrected chi connectivity index (χ3v) is 20.2. The van der Waals surface area contributed by atoms with Crippen LogP contribution in [0.1, 0.15) is 82.4 Å². The van der Waals surface area contributed by atoms with Crippen LogP contribution >= 0.6 is 23.0 Å². The lowest BCUT2D eigenvalue weighted by atomic mass is 10.1. The van der Waals surface area contributed by atoms with Gasteiger partial charge in [-0.25, -0.2) is 34.5 Å². The number of nitrogens with two attached hydrogens (primary N) is 2. The highest BCUT2D eigenvalue weighted by molar-refractivity contribution is 7.55. The molecule has 12 atom stereocenters. The average Bonchev–Trinajstić information content (AvgIpc) is 1.60. The van der Waals surface area contributed by atoms with E-state index >= 15 is 0 Å². The van der Waals surface area contributed by atoms with Gasteiger partial charge in [0.25, 0.3) is 28.8 Å². The first kappa shape index (κ1) is 68.0. The molecule has 3 aliphatic rings. The lowest BCUT2D eigenvalue weighted by Crippen LogP contribution is -2.46. The summed E-state index contributed by atoms with van der Waals surface area (Å²) in [6.45, 7) is -1.69. The fourth-order valence-electron chi connectivity index (χ4n) is 11.5. The molecule has 0 spiro atoms. The van der Waals surface area contributed by atoms with Crippen molar-refractivity contribution in [1.29, 1.82) is 0 Å². The molecule has 0 bridgehead atoms. The summed E-state index contributed by atoms with van der Waals surface area (Å²) in [6, 6.07) is 4.80. The smallest absolute Gasteiger partial charge is 0.394 e. The fourth-order valence-corrected chi connectivity index (χ4v) is 15.1. The first-order valence-corrected chi connectivity index (χ1v) is 34.0. The highest BCUT2D eigenvalue weighted by Gasteiger charge is 2.66. The molecule has 0 saturated carbocycles. The zero-order chi connectivity index (χ0) is 69.2. The summed E-state index contributed by atoms with van der Waals surface area (Å²) >= 11 is 0. The van der Waals surface area contributed by atoms with Gasteiger partial charge in [0.2, 0.25) is 17.7 Å². The number of unbranched alkanes of at least 4 members (excludes halogenated alkanes) is 1. The minimum absolute atomic E-state index is 0.0202. The van der Waals surface area contributed by atoms with Crippen molar-refractivity contribution in [1.82, 2.24) is 82.6 Å². The highest BCUT2D eigenvalue weighted by Crippen LogP contribution is 2.67. The second-order valence-electron chi connectivity index (χ2n) is 22.8. The normalized spacial score (nSPS) is 23.6. The molecule has 12 rings (SSSR count). The van der Waals surface area contributed by atoms with Crippen molar-refractivity contribution >= 4 is 103 Å². The van der Waals surface area contributed by atoms with Crippen LogP contribution in [0.25, 0.3) is 33.5 Å². The molecular weight excluding hydrogens is 1350 g/mol. The average molecular weight is 1410 g/mol. The Balaban J connectivity index is 0.731. The van der Waals surface area contributed by atoms with Crippen molar-refractivity contribution in [3.63, 3.8) is 0 Å². The Morgan fingerprint density at radius 2 is 1.39 bits per heavy atom. The van der Waals surface area contributed by atoms with Gasteiger partial charge in [-0.1, -0.05) is 0 Å². The molecule has 3 amide bonds. The summed E-state index contributed by atoms with van der Waals surface area (Å²) in [6.07, 6.45) is -5.20. The molecular formula is C51H63N22O21P3. The van der Waals surface area contributed by atoms with Crippen LogP contribution in [0.4, 0.5) is 29.2 Å². The van der Waals surface area contributed by atoms with Crippen LogP contribution in [-0.2, 0) is 62.6 Å². The first-order chi connectivity index (χ1) is 46.0. The van der Waals surface area contributed by atoms with Gasteiger partial charge in [-0.2, -0.15) is 9.97 Å². The molecule has 3 saturated heterocycles. The van der Waals surface area contributed by atoms with Crippen LogP contribution < -0.4 is 43.9 Å². The zero-order valence-corrected chi connectivity index (χ0v) is 53.6. The number of carbonyl (C=O) groups excluding carboxylic acids is 3. The van der Waals surface area contributed by atoms with Gasteiger partial charge >= 0.3 is 23.0 Å². The van der Waals surface area contributed by atoms with Gasteiger partial charge in [0, 0.05) is 72.1 Å². The van der Waals surface area contributed by atoms with E-state index in [0.29, 0.717) is 18.5 Å². The number of aromatic nitrogens is 16. The number of anilines is 5. The lowest BCUT2D eigenvalue weighted by Gasteiger charge is -2.35. The van der Waals surface area contributed by atoms with Crippen LogP contribution in [0.3, 0.4) is 0 Å². The topological polar surface area (TPSA) is 598 Å². The summed E-state index contributed by atoms with van der Waals surface area (Å²) in [4.78, 5) is 147. The van der Waals surface area contributed by atoms with E-state index in [9.17, 15) is 72.6 Å². The minimum atomic E-state index is -5.92. The molecule has 9 aromatic rings. The number of aryl methyl sites for hydroxylation is 3. The number of amides is 3. The molecule has 12 heterocycles. The SMILES string of the molecule is Cn1cc(NC(=O)c2nc(NC(=O)c3cccn3C)cn2C)cc1C(=O)NCCCCNc1nc2c(ncn2[C@H]2C[C@@](O)(P(=O)(O)OC[C@H]3O[C@@H](n4cnc5c(N)ncnc54)C[C@@H]3OP(=O)(O)O)[C@@H](C(O)P(=O)(O)O[C@H]3C[C@H](n4cnc5c(=O)[nH]c(N)nc54)O[C@@H]3CO)O2)c(=O)[nH]1. The molecule has 0 aromatic carbocycles. The van der Waals surface area contributed by atoms with Crippen molar-refractivity contribution in [3.05, 3.63) is 100 Å². The summed E-state index contributed by atoms with van der Waals surface area (Å²) < 4.78 is 83.9. The molecule has 17 N–H and O–H groups in total. The molecule has 3 aliphatic heterocycles. The van der Waals surface area contributed by atoms with E-state index in [0.717, 1.165) is 23.5 Å². The number of imidazole rings is 4. The van der Waals surface area contributed by atoms with E-state index in [1.807, 2.05) is 0 Å². The monoisotopic (exact) mass is 1410 g/mol. The van der Waals surface area contributed by atoms with Crippen molar-refractivity contribution in [2.75, 3.05) is 53.7 Å². The Kier molecular flexibility index (Phi) is 18.5. The van der Waals surface area contributed by atoms with E-state index in [2.05, 4.69) is 71.1 Å². The number of aromatic amines is 2. The van der Waals surface area contributed by atoms with E-state index in [4.69, 9.17) is 39.2 Å². The number of hydrogen-bond donors (Lipinski definition) is 15. The van der Waals surface area contributed by atoms with Crippen LogP contribution in [0.2, 0.25) is 0 Å². The van der Waals surface area contributed by atoms with Crippen LogP contribution in [0.5, 0.6) is 0 Å². The summed E-state index contributed by atoms with van der Waals surface area (Å²) in [7, 11) is -12.1. The number of phosphoric ester groups is 1. The molecule has 46 heteroatoms. The summed E-state index contributed by atoms with van der Waals surface area (Å²) in [5.74, 6) is -4.86. The van der Waals surface area contributed by atoms with Gasteiger partial charge in [0.05, 0.1) is 37.9 Å². The maximum Gasteiger partial charge on any atom is 0.469 e. The van der Waals surface area contributed by atoms with Gasteiger partial charge in [-0.3, -0.25) is 61.3 Å². The lowest BCUT2D eigenvalue weighted by molar-refractivity contribution is -0.0860. The maximum absolute atomic E-state index is 14.9. The number of rotatable bonds is 25. The standard InChI is InChI=1S/C51H63N22O21P3/c1-68-10-6-7-24(68)44(76)63-30-16-70(3)42(62-30)47(79)61-23-11-25(69(2)15-23)43(75)54-8-4-5-9-55-50-65-41-36(46(78)67-50)60-22-73(41)33-14-51(81,96(84,85)89-18-29-27(94-97(86,87)88)13-31(91-29)71-20-58-34-38(52)56-19-57-39(34)71)37(92-33)48(80)95(82,83)93-26-12-32(90-28(26)17-74)72-21-59-35-40(72)64-49(53)66-45(35)77/h6-7,10-11,15-16,19-22,26-29,31-33,37,48,74,80-81H,4-5,8-9,12-14,17-18H2,1-3H3,(H,54,75)(H,61,79)(H,63,76)(H,82,83)(H,84,85)(H2,52,56,57)(H2,86,87,88)(H3,53,64,66,77)(H2,55,65,67,78)/t26-,27-,28+,29+,31+,32+,33+,37+,48?,51+/m0/s1. The largest absolute Gasteiger partial charge is 0.469 e. The number of phosphoric acid groups is 1. The number of hydrogen-bond acceptors (Lipinski definition) is 28. The maximum atomic E-state index is 14.9. The molecule has 43 nitrogen and oxygen atoms in total. The number of fused-ring (bicyclic) bond motifs is 3. The van der Waals surface area contributed by atoms with Crippen molar-refractivity contribution in [2.45, 2.75) is 92.5 Å². The van der Waals surface area contributed by atoms with Gasteiger partial charge in [-0.15, -0.1) is 0 Å². The Morgan fingerprint density at radius 1 is 0.742 bits per heavy atom. The number of nitrogens with one attached hydrogen (secondary N) is 6. The van der Waals surface area contributed by atoms with Gasteiger partial charge in [0.15, 0.2) is 50.8 Å². The number of aliphatic hydroxyl groups excluding tert-OH is 2. The van der Waals surface area contributed by atoms with Crippen molar-refractivity contribution in [3.8, 4) is 0 Å². The third-order valence-electron chi connectivity index (χ3n) is 16.2. The Morgan fingerprint density at radius 3 is 2.08 bits per heavy atom. The second-order valence-corrected chi connectivity index (χ2v) is 27.9. The van der Waals surface area contributed by atoms with Gasteiger partial charge in [0.1, 0.15) is 72.4 Å². The van der Waals surface area contributed by atoms with E-state index in [1.54, 1.807) is 44.0 Å². The molecule has 3 unspecified atom stereocenters. The number of ether oxygens (including phenoxy) is 3. The van der Waals surface area contributed by atoms with Crippen LogP contribution in [0, 0.1) is 0 Å². The number of H-pyrrole nitrogens is 2. The number of nitrogens with zero attached hydrogens (tertiary/aromatic N) is 14. The van der Waals surface area contributed by atoms with Gasteiger partial charge < -0.3 is 105 Å². The van der Waals surface area contributed by atoms with Crippen LogP contribution in [-0.4, -0.2) is 198 Å². The zero-order valence-electron chi connectivity index (χ0n) is 50.9. The number of nitrogen functional groups attached to an aromatic ring is 2. The Bertz CT molecular complexity index is 4790. The summed E-state index contributed by atoms with van der Waals surface area (Å²) in [5.41, 5.74) is 10.4. The van der Waals surface area contributed by atoms with Crippen LogP contribution in [0.15, 0.2) is 71.7 Å². The van der Waals surface area contributed by atoms with E-state index in [-0.39, 0.29) is 93.7 Å². The van der Waals surface area contributed by atoms with E-state index < -0.39 is 138 Å². The third kappa shape index (κ3) is 13.6. The van der Waals surface area contributed by atoms with Crippen molar-refractivity contribution < 1.29 is 90.8 Å².